The average molecular weight is 559 g/mol. The first-order valence-electron chi connectivity index (χ1n) is 13.1. The van der Waals surface area contributed by atoms with E-state index in [0.717, 1.165) is 26.9 Å². The Bertz CT molecular complexity index is 1660. The Morgan fingerprint density at radius 3 is 2.27 bits per heavy atom. The first-order chi connectivity index (χ1) is 19.0. The Balaban J connectivity index is 1.79. The lowest BCUT2D eigenvalue weighted by Crippen LogP contribution is -2.26. The Morgan fingerprint density at radius 1 is 0.900 bits per heavy atom. The Kier molecular flexibility index (Phi) is 8.59. The number of carbonyl (C=O) groups is 2. The summed E-state index contributed by atoms with van der Waals surface area (Å²) >= 11 is 0. The van der Waals surface area contributed by atoms with Crippen LogP contribution >= 0.6 is 0 Å². The van der Waals surface area contributed by atoms with Crippen LogP contribution in [0, 0.1) is 5.92 Å². The molecule has 0 bridgehead atoms. The Labute approximate surface area is 235 Å². The largest absolute Gasteiger partial charge is 0.478 e. The highest BCUT2D eigenvalue weighted by Gasteiger charge is 2.25. The van der Waals surface area contributed by atoms with Crippen LogP contribution in [0.15, 0.2) is 84.9 Å². The van der Waals surface area contributed by atoms with Gasteiger partial charge < -0.3 is 10.4 Å². The van der Waals surface area contributed by atoms with Gasteiger partial charge in [0.2, 0.25) is 15.9 Å². The van der Waals surface area contributed by atoms with Gasteiger partial charge in [-0.15, -0.1) is 0 Å². The van der Waals surface area contributed by atoms with Crippen molar-refractivity contribution in [1.29, 1.82) is 0 Å². The predicted octanol–water partition coefficient (Wildman–Crippen LogP) is 6.29. The number of hydrogen-bond donors (Lipinski definition) is 2. The number of amides is 1. The highest BCUT2D eigenvalue weighted by Crippen LogP contribution is 2.33. The summed E-state index contributed by atoms with van der Waals surface area (Å²) < 4.78 is 25.7. The van der Waals surface area contributed by atoms with Gasteiger partial charge in [-0.25, -0.2) is 13.2 Å². The molecule has 40 heavy (non-hydrogen) atoms. The highest BCUT2D eigenvalue weighted by molar-refractivity contribution is 7.92. The lowest BCUT2D eigenvalue weighted by molar-refractivity contribution is -0.117. The number of carboxylic acid groups (broad SMARTS) is 1. The number of benzene rings is 4. The van der Waals surface area contributed by atoms with E-state index in [-0.39, 0.29) is 23.8 Å². The van der Waals surface area contributed by atoms with Crippen LogP contribution in [0.25, 0.3) is 10.8 Å². The highest BCUT2D eigenvalue weighted by atomic mass is 32.2. The van der Waals surface area contributed by atoms with E-state index in [9.17, 15) is 23.1 Å². The van der Waals surface area contributed by atoms with E-state index in [2.05, 4.69) is 19.2 Å². The third-order valence-electron chi connectivity index (χ3n) is 7.06. The monoisotopic (exact) mass is 558 g/mol. The van der Waals surface area contributed by atoms with Gasteiger partial charge in [0, 0.05) is 19.2 Å². The predicted molar refractivity (Wildman–Crippen MR) is 161 cm³/mol. The van der Waals surface area contributed by atoms with Crippen molar-refractivity contribution in [3.63, 3.8) is 0 Å². The molecule has 4 aromatic carbocycles. The molecule has 0 spiro atoms. The minimum absolute atomic E-state index is 0.172. The van der Waals surface area contributed by atoms with E-state index in [4.69, 9.17) is 0 Å². The molecule has 7 nitrogen and oxygen atoms in total. The van der Waals surface area contributed by atoms with Gasteiger partial charge in [-0.05, 0) is 58.0 Å². The van der Waals surface area contributed by atoms with E-state index >= 15 is 0 Å². The fourth-order valence-corrected chi connectivity index (χ4v) is 5.43. The summed E-state index contributed by atoms with van der Waals surface area (Å²) in [6.45, 7) is 4.14. The second kappa shape index (κ2) is 11.9. The molecule has 2 N–H and O–H groups in total. The molecule has 1 amide bonds. The second-order valence-corrected chi connectivity index (χ2v) is 12.5. The topological polar surface area (TPSA) is 104 Å². The molecule has 0 fully saturated rings. The zero-order valence-corrected chi connectivity index (χ0v) is 23.9. The molecule has 0 heterocycles. The van der Waals surface area contributed by atoms with E-state index in [1.807, 2.05) is 42.5 Å². The standard InChI is InChI=1S/C32H34N2O5S/c1-21(2)18-29(28-15-9-12-22-10-5-7-13-26(22)28)31(35)33-30-20-25(34(3)40(4,38)39)17-16-24(30)19-23-11-6-8-14-27(23)32(36)37/h5-17,20-21,29H,18-19H2,1-4H3,(H,33,35)(H,36,37). The molecule has 0 aliphatic carbocycles. The molecule has 1 atom stereocenters. The molecule has 1 unspecified atom stereocenters. The summed E-state index contributed by atoms with van der Waals surface area (Å²) in [6, 6.07) is 25.7. The number of hydrogen-bond acceptors (Lipinski definition) is 4. The second-order valence-electron chi connectivity index (χ2n) is 10.5. The third kappa shape index (κ3) is 6.51. The van der Waals surface area contributed by atoms with E-state index in [1.54, 1.807) is 42.5 Å². The molecule has 8 heteroatoms. The van der Waals surface area contributed by atoms with Gasteiger partial charge in [0.15, 0.2) is 0 Å². The molecule has 0 aliphatic heterocycles. The van der Waals surface area contributed by atoms with E-state index in [0.29, 0.717) is 28.9 Å². The number of carboxylic acids is 1. The average Bonchev–Trinajstić information content (AvgIpc) is 2.91. The Morgan fingerprint density at radius 2 is 1.57 bits per heavy atom. The maximum absolute atomic E-state index is 14.0. The van der Waals surface area contributed by atoms with Gasteiger partial charge in [-0.3, -0.25) is 9.10 Å². The van der Waals surface area contributed by atoms with Crippen molar-refractivity contribution in [1.82, 2.24) is 0 Å². The lowest BCUT2D eigenvalue weighted by Gasteiger charge is -2.23. The van der Waals surface area contributed by atoms with Crippen LogP contribution < -0.4 is 9.62 Å². The third-order valence-corrected chi connectivity index (χ3v) is 8.27. The molecule has 4 rings (SSSR count). The number of nitrogens with one attached hydrogen (secondary N) is 1. The summed E-state index contributed by atoms with van der Waals surface area (Å²) in [5, 5.41) is 14.8. The molecular formula is C32H34N2O5S. The molecule has 0 aromatic heterocycles. The van der Waals surface area contributed by atoms with Crippen LogP contribution in [0.4, 0.5) is 11.4 Å². The minimum atomic E-state index is -3.55. The molecule has 0 saturated heterocycles. The Hall–Kier alpha value is -4.17. The van der Waals surface area contributed by atoms with Crippen molar-refractivity contribution in [2.24, 2.45) is 5.92 Å². The summed E-state index contributed by atoms with van der Waals surface area (Å²) in [5.41, 5.74) is 3.18. The van der Waals surface area contributed by atoms with Crippen molar-refractivity contribution in [3.05, 3.63) is 107 Å². The molecule has 0 aliphatic rings. The first-order valence-corrected chi connectivity index (χ1v) is 15.0. The zero-order valence-electron chi connectivity index (χ0n) is 23.1. The van der Waals surface area contributed by atoms with Crippen molar-refractivity contribution in [3.8, 4) is 0 Å². The normalized spacial score (nSPS) is 12.3. The van der Waals surface area contributed by atoms with Crippen LogP contribution in [0.3, 0.4) is 0 Å². The minimum Gasteiger partial charge on any atom is -0.478 e. The van der Waals surface area contributed by atoms with E-state index < -0.39 is 21.9 Å². The van der Waals surface area contributed by atoms with Gasteiger partial charge in [-0.1, -0.05) is 80.6 Å². The van der Waals surface area contributed by atoms with Crippen molar-refractivity contribution in [2.75, 3.05) is 22.9 Å². The maximum atomic E-state index is 14.0. The number of sulfonamides is 1. The van der Waals surface area contributed by atoms with Gasteiger partial charge >= 0.3 is 5.97 Å². The number of aromatic carboxylic acids is 1. The van der Waals surface area contributed by atoms with Gasteiger partial charge in [0.1, 0.15) is 0 Å². The quantitative estimate of drug-likeness (QED) is 0.238. The zero-order chi connectivity index (χ0) is 29.0. The van der Waals surface area contributed by atoms with Gasteiger partial charge in [-0.2, -0.15) is 0 Å². The summed E-state index contributed by atoms with van der Waals surface area (Å²) in [6.07, 6.45) is 1.96. The van der Waals surface area contributed by atoms with Crippen LogP contribution in [0.1, 0.15) is 53.2 Å². The van der Waals surface area contributed by atoms with Gasteiger partial charge in [0.25, 0.3) is 0 Å². The molecular weight excluding hydrogens is 524 g/mol. The molecule has 208 valence electrons. The summed E-state index contributed by atoms with van der Waals surface area (Å²) in [5.74, 6) is -1.47. The lowest BCUT2D eigenvalue weighted by atomic mass is 9.86. The summed E-state index contributed by atoms with van der Waals surface area (Å²) in [7, 11) is -2.10. The van der Waals surface area contributed by atoms with Crippen LogP contribution in [-0.4, -0.2) is 38.7 Å². The fourth-order valence-electron chi connectivity index (χ4n) is 4.93. The maximum Gasteiger partial charge on any atom is 0.335 e. The number of carbonyl (C=O) groups excluding carboxylic acids is 1. The molecule has 4 aromatic rings. The van der Waals surface area contributed by atoms with Crippen LogP contribution in [0.5, 0.6) is 0 Å². The number of nitrogens with zero attached hydrogens (tertiary/aromatic N) is 1. The smallest absolute Gasteiger partial charge is 0.335 e. The summed E-state index contributed by atoms with van der Waals surface area (Å²) in [4.78, 5) is 25.9. The fraction of sp³-hybridized carbons (Fsp3) is 0.250. The number of fused-ring (bicyclic) bond motifs is 1. The number of rotatable bonds is 10. The first kappa shape index (κ1) is 28.8. The van der Waals surface area contributed by atoms with Crippen LogP contribution in [-0.2, 0) is 21.2 Å². The van der Waals surface area contributed by atoms with Crippen molar-refractivity contribution >= 4 is 44.0 Å². The molecule has 0 saturated carbocycles. The van der Waals surface area contributed by atoms with Crippen molar-refractivity contribution in [2.45, 2.75) is 32.6 Å². The number of anilines is 2. The van der Waals surface area contributed by atoms with E-state index in [1.165, 1.54) is 7.05 Å². The van der Waals surface area contributed by atoms with Crippen molar-refractivity contribution < 1.29 is 23.1 Å². The van der Waals surface area contributed by atoms with Gasteiger partial charge in [0.05, 0.1) is 23.4 Å². The van der Waals surface area contributed by atoms with Crippen LogP contribution in [0.2, 0.25) is 0 Å². The SMILES string of the molecule is CC(C)CC(C(=O)Nc1cc(N(C)S(C)(=O)=O)ccc1Cc1ccccc1C(=O)O)c1cccc2ccccc12. The molecule has 0 radical (unpaired) electrons.